The Bertz CT molecular complexity index is 987. The number of aliphatic hydroxyl groups excluding tert-OH is 1. The third-order valence-electron chi connectivity index (χ3n) is 7.50. The van der Waals surface area contributed by atoms with Crippen molar-refractivity contribution in [2.24, 2.45) is 5.73 Å². The third-order valence-corrected chi connectivity index (χ3v) is 7.50. The van der Waals surface area contributed by atoms with E-state index in [0.29, 0.717) is 18.8 Å². The van der Waals surface area contributed by atoms with Crippen molar-refractivity contribution in [3.8, 4) is 0 Å². The number of nitrogens with one attached hydrogen (secondary N) is 1. The van der Waals surface area contributed by atoms with Crippen LogP contribution in [0.2, 0.25) is 0 Å². The molecule has 1 heterocycles. The second-order valence-electron chi connectivity index (χ2n) is 11.1. The van der Waals surface area contributed by atoms with Gasteiger partial charge >= 0.3 is 0 Å². The van der Waals surface area contributed by atoms with Gasteiger partial charge in [0.2, 0.25) is 0 Å². The van der Waals surface area contributed by atoms with Gasteiger partial charge in [-0.1, -0.05) is 45.0 Å². The van der Waals surface area contributed by atoms with Gasteiger partial charge in [-0.05, 0) is 53.5 Å². The monoisotopic (exact) mass is 488 g/mol. The molecule has 2 fully saturated rings. The van der Waals surface area contributed by atoms with E-state index < -0.39 is 29.6 Å². The Labute approximate surface area is 207 Å². The molecule has 1 spiro atoms. The molecule has 0 aromatic heterocycles. The molecule has 1 aliphatic carbocycles. The standard InChI is InChI=1S/C28H38F2N2O3/c1-26(2,3)20-5-4-6-21(16-20)27(7-9-28(10-8-27)34-11-12-35-28)32-18-25(33)24(31)15-19-13-22(29)17-23(30)14-19/h4-6,13-14,16-17,24-25,32-33H,7-12,15,18,31H2,1-3H3/t24-,25+/m0/s1. The van der Waals surface area contributed by atoms with Crippen molar-refractivity contribution in [2.45, 2.75) is 81.8 Å². The van der Waals surface area contributed by atoms with Crippen molar-refractivity contribution in [3.63, 3.8) is 0 Å². The highest BCUT2D eigenvalue weighted by Gasteiger charge is 2.47. The lowest BCUT2D eigenvalue weighted by molar-refractivity contribution is -0.187. The van der Waals surface area contributed by atoms with Gasteiger partial charge in [-0.3, -0.25) is 0 Å². The fourth-order valence-electron chi connectivity index (χ4n) is 5.28. The van der Waals surface area contributed by atoms with Crippen LogP contribution in [0.15, 0.2) is 42.5 Å². The van der Waals surface area contributed by atoms with Crippen LogP contribution in [0.3, 0.4) is 0 Å². The van der Waals surface area contributed by atoms with Crippen molar-refractivity contribution >= 4 is 0 Å². The fourth-order valence-corrected chi connectivity index (χ4v) is 5.28. The molecule has 2 aromatic rings. The third kappa shape index (κ3) is 6.09. The van der Waals surface area contributed by atoms with Crippen molar-refractivity contribution in [2.75, 3.05) is 19.8 Å². The lowest BCUT2D eigenvalue weighted by Crippen LogP contribution is -2.54. The molecule has 4 N–H and O–H groups in total. The number of hydrogen-bond acceptors (Lipinski definition) is 5. The summed E-state index contributed by atoms with van der Waals surface area (Å²) in [4.78, 5) is 0. The first-order valence-corrected chi connectivity index (χ1v) is 12.5. The van der Waals surface area contributed by atoms with E-state index in [1.54, 1.807) is 0 Å². The molecule has 1 aliphatic heterocycles. The highest BCUT2D eigenvalue weighted by atomic mass is 19.1. The predicted octanol–water partition coefficient (Wildman–Crippen LogP) is 4.30. The number of aliphatic hydroxyl groups is 1. The summed E-state index contributed by atoms with van der Waals surface area (Å²) in [7, 11) is 0. The maximum Gasteiger partial charge on any atom is 0.168 e. The van der Waals surface area contributed by atoms with E-state index in [1.165, 1.54) is 23.3 Å². The van der Waals surface area contributed by atoms with Crippen LogP contribution in [0.1, 0.15) is 63.1 Å². The van der Waals surface area contributed by atoms with Crippen LogP contribution >= 0.6 is 0 Å². The van der Waals surface area contributed by atoms with Gasteiger partial charge in [0.1, 0.15) is 11.6 Å². The zero-order chi connectivity index (χ0) is 25.3. The summed E-state index contributed by atoms with van der Waals surface area (Å²) in [6, 6.07) is 11.3. The molecule has 2 aliphatic rings. The van der Waals surface area contributed by atoms with Crippen LogP contribution < -0.4 is 11.1 Å². The van der Waals surface area contributed by atoms with Crippen LogP contribution in [0.4, 0.5) is 8.78 Å². The lowest BCUT2D eigenvalue weighted by Gasteiger charge is -2.45. The molecule has 2 atom stereocenters. The van der Waals surface area contributed by atoms with E-state index in [4.69, 9.17) is 15.2 Å². The number of benzene rings is 2. The first-order valence-electron chi connectivity index (χ1n) is 12.5. The Balaban J connectivity index is 1.51. The second kappa shape index (κ2) is 10.2. The highest BCUT2D eigenvalue weighted by Crippen LogP contribution is 2.45. The topological polar surface area (TPSA) is 76.7 Å². The lowest BCUT2D eigenvalue weighted by atomic mass is 9.72. The Morgan fingerprint density at radius 1 is 1.00 bits per heavy atom. The van der Waals surface area contributed by atoms with E-state index in [1.807, 2.05) is 0 Å². The van der Waals surface area contributed by atoms with Crippen molar-refractivity contribution in [3.05, 3.63) is 70.8 Å². The summed E-state index contributed by atoms with van der Waals surface area (Å²) >= 11 is 0. The average Bonchev–Trinajstić information content (AvgIpc) is 3.26. The van der Waals surface area contributed by atoms with E-state index >= 15 is 0 Å². The van der Waals surface area contributed by atoms with Crippen LogP contribution in [-0.2, 0) is 26.8 Å². The molecule has 0 radical (unpaired) electrons. The van der Waals surface area contributed by atoms with Gasteiger partial charge in [-0.25, -0.2) is 8.78 Å². The molecule has 0 bridgehead atoms. The van der Waals surface area contributed by atoms with Crippen molar-refractivity contribution in [1.82, 2.24) is 5.32 Å². The van der Waals surface area contributed by atoms with Gasteiger partial charge in [-0.2, -0.15) is 0 Å². The number of hydrogen-bond donors (Lipinski definition) is 3. The fraction of sp³-hybridized carbons (Fsp3) is 0.571. The molecule has 4 rings (SSSR count). The number of nitrogens with two attached hydrogens (primary N) is 1. The minimum Gasteiger partial charge on any atom is -0.390 e. The largest absolute Gasteiger partial charge is 0.390 e. The molecule has 1 saturated carbocycles. The summed E-state index contributed by atoms with van der Waals surface area (Å²) < 4.78 is 39.1. The summed E-state index contributed by atoms with van der Waals surface area (Å²) in [6.45, 7) is 8.08. The Morgan fingerprint density at radius 3 is 2.23 bits per heavy atom. The normalized spacial score (nSPS) is 21.2. The quantitative estimate of drug-likeness (QED) is 0.542. The van der Waals surface area contributed by atoms with Gasteiger partial charge in [0.05, 0.1) is 19.3 Å². The first-order chi connectivity index (χ1) is 16.5. The zero-order valence-electron chi connectivity index (χ0n) is 20.9. The van der Waals surface area contributed by atoms with E-state index in [2.05, 4.69) is 50.4 Å². The minimum absolute atomic E-state index is 0.00681. The van der Waals surface area contributed by atoms with Crippen molar-refractivity contribution in [1.29, 1.82) is 0 Å². The summed E-state index contributed by atoms with van der Waals surface area (Å²) in [5.41, 5.74) is 8.73. The van der Waals surface area contributed by atoms with Gasteiger partial charge in [-0.15, -0.1) is 0 Å². The molecule has 35 heavy (non-hydrogen) atoms. The smallest absolute Gasteiger partial charge is 0.168 e. The molecule has 0 amide bonds. The Hall–Kier alpha value is -1.90. The zero-order valence-corrected chi connectivity index (χ0v) is 20.9. The SMILES string of the molecule is CC(C)(C)c1cccc(C2(NC[C@@H](O)[C@@H](N)Cc3cc(F)cc(F)c3)CCC3(CC2)OCCO3)c1. The van der Waals surface area contributed by atoms with E-state index in [9.17, 15) is 13.9 Å². The molecule has 5 nitrogen and oxygen atoms in total. The van der Waals surface area contributed by atoms with Crippen LogP contribution in [0.5, 0.6) is 0 Å². The van der Waals surface area contributed by atoms with Crippen LogP contribution in [0.25, 0.3) is 0 Å². The second-order valence-corrected chi connectivity index (χ2v) is 11.1. The van der Waals surface area contributed by atoms with E-state index in [0.717, 1.165) is 31.7 Å². The molecular formula is C28H38F2N2O3. The van der Waals surface area contributed by atoms with Gasteiger partial charge < -0.3 is 25.6 Å². The van der Waals surface area contributed by atoms with Gasteiger partial charge in [0.15, 0.2) is 5.79 Å². The summed E-state index contributed by atoms with van der Waals surface area (Å²) in [5, 5.41) is 14.5. The minimum atomic E-state index is -0.890. The van der Waals surface area contributed by atoms with Crippen LogP contribution in [-0.4, -0.2) is 42.8 Å². The van der Waals surface area contributed by atoms with Crippen molar-refractivity contribution < 1.29 is 23.4 Å². The molecule has 1 saturated heterocycles. The molecule has 7 heteroatoms. The number of halogens is 2. The predicted molar refractivity (Wildman–Crippen MR) is 132 cm³/mol. The van der Waals surface area contributed by atoms with Crippen LogP contribution in [0, 0.1) is 11.6 Å². The van der Waals surface area contributed by atoms with Gasteiger partial charge in [0, 0.05) is 37.0 Å². The number of rotatable bonds is 7. The maximum absolute atomic E-state index is 13.6. The Morgan fingerprint density at radius 2 is 1.63 bits per heavy atom. The molecule has 2 aromatic carbocycles. The van der Waals surface area contributed by atoms with Gasteiger partial charge in [0.25, 0.3) is 0 Å². The first kappa shape index (κ1) is 26.2. The van der Waals surface area contributed by atoms with E-state index in [-0.39, 0.29) is 23.9 Å². The summed E-state index contributed by atoms with van der Waals surface area (Å²) in [6.07, 6.45) is 2.37. The average molecular weight is 489 g/mol. The maximum atomic E-state index is 13.6. The molecule has 192 valence electrons. The Kier molecular flexibility index (Phi) is 7.65. The number of ether oxygens (including phenoxy) is 2. The highest BCUT2D eigenvalue weighted by molar-refractivity contribution is 5.34. The summed E-state index contributed by atoms with van der Waals surface area (Å²) in [5.74, 6) is -1.81. The molecular weight excluding hydrogens is 450 g/mol. The molecule has 0 unspecified atom stereocenters.